The minimum absolute atomic E-state index is 0.00621. The van der Waals surface area contributed by atoms with Crippen LogP contribution in [0.3, 0.4) is 0 Å². The predicted octanol–water partition coefficient (Wildman–Crippen LogP) is 10.5. The van der Waals surface area contributed by atoms with Gasteiger partial charge in [-0.25, -0.2) is 4.98 Å². The number of pyridine rings is 1. The van der Waals surface area contributed by atoms with Crippen LogP contribution in [0.5, 0.6) is 11.5 Å². The fourth-order valence-corrected chi connectivity index (χ4v) is 6.09. The SMILES string of the molecule is CC(C)(C)c1ccnc(-n2c3ccccc3c3ccc(Oc4cccc(Nc5cc6oc7ccccc7c6cc5N)c4)cc32)c1. The number of aromatic nitrogens is 2. The number of nitrogen functional groups attached to an aromatic ring is 1. The quantitative estimate of drug-likeness (QED) is 0.196. The molecule has 0 atom stereocenters. The van der Waals surface area contributed by atoms with Crippen LogP contribution in [0.4, 0.5) is 17.1 Å². The summed E-state index contributed by atoms with van der Waals surface area (Å²) < 4.78 is 14.8. The van der Waals surface area contributed by atoms with Crippen molar-refractivity contribution in [1.29, 1.82) is 0 Å². The molecule has 5 aromatic carbocycles. The van der Waals surface area contributed by atoms with E-state index in [2.05, 4.69) is 79.2 Å². The highest BCUT2D eigenvalue weighted by Gasteiger charge is 2.18. The first kappa shape index (κ1) is 26.8. The molecule has 6 heteroatoms. The molecule has 0 amide bonds. The van der Waals surface area contributed by atoms with Gasteiger partial charge in [0.25, 0.3) is 0 Å². The summed E-state index contributed by atoms with van der Waals surface area (Å²) in [7, 11) is 0. The van der Waals surface area contributed by atoms with E-state index in [0.717, 1.165) is 61.3 Å². The van der Waals surface area contributed by atoms with Gasteiger partial charge < -0.3 is 20.2 Å². The van der Waals surface area contributed by atoms with Gasteiger partial charge in [-0.3, -0.25) is 4.57 Å². The lowest BCUT2D eigenvalue weighted by atomic mass is 9.88. The largest absolute Gasteiger partial charge is 0.457 e. The van der Waals surface area contributed by atoms with Crippen LogP contribution < -0.4 is 15.8 Å². The minimum Gasteiger partial charge on any atom is -0.457 e. The smallest absolute Gasteiger partial charge is 0.137 e. The van der Waals surface area contributed by atoms with E-state index in [-0.39, 0.29) is 5.41 Å². The number of ether oxygens (including phenoxy) is 1. The Bertz CT molecular complexity index is 2390. The number of nitrogens with zero attached hydrogens (tertiary/aromatic N) is 2. The number of anilines is 3. The van der Waals surface area contributed by atoms with Gasteiger partial charge in [0.2, 0.25) is 0 Å². The van der Waals surface area contributed by atoms with Gasteiger partial charge in [-0.15, -0.1) is 0 Å². The Morgan fingerprint density at radius 2 is 1.47 bits per heavy atom. The van der Waals surface area contributed by atoms with Crippen molar-refractivity contribution in [2.75, 3.05) is 11.1 Å². The average molecular weight is 589 g/mol. The van der Waals surface area contributed by atoms with Gasteiger partial charge in [-0.1, -0.05) is 63.2 Å². The topological polar surface area (TPSA) is 78.2 Å². The molecule has 0 fully saturated rings. The number of rotatable bonds is 5. The molecule has 0 bridgehead atoms. The van der Waals surface area contributed by atoms with Crippen LogP contribution in [0.1, 0.15) is 26.3 Å². The van der Waals surface area contributed by atoms with E-state index in [1.54, 1.807) is 0 Å². The van der Waals surface area contributed by atoms with Crippen molar-refractivity contribution >= 4 is 60.8 Å². The fraction of sp³-hybridized carbons (Fsp3) is 0.103. The number of para-hydroxylation sites is 2. The van der Waals surface area contributed by atoms with Gasteiger partial charge in [0, 0.05) is 51.6 Å². The third-order valence-electron chi connectivity index (χ3n) is 8.38. The van der Waals surface area contributed by atoms with Crippen LogP contribution in [0, 0.1) is 0 Å². The van der Waals surface area contributed by atoms with Crippen molar-refractivity contribution in [2.45, 2.75) is 26.2 Å². The molecular formula is C39H32N4O2. The van der Waals surface area contributed by atoms with Crippen LogP contribution in [0.15, 0.2) is 126 Å². The summed E-state index contributed by atoms with van der Waals surface area (Å²) in [6, 6.07) is 38.7. The van der Waals surface area contributed by atoms with Gasteiger partial charge in [0.15, 0.2) is 0 Å². The van der Waals surface area contributed by atoms with E-state index in [1.165, 1.54) is 10.9 Å². The molecule has 0 saturated heterocycles. The number of hydrogen-bond acceptors (Lipinski definition) is 5. The summed E-state index contributed by atoms with van der Waals surface area (Å²) in [5, 5.41) is 7.82. The van der Waals surface area contributed by atoms with Crippen molar-refractivity contribution in [3.63, 3.8) is 0 Å². The highest BCUT2D eigenvalue weighted by molar-refractivity contribution is 6.10. The molecule has 3 heterocycles. The molecule has 3 N–H and O–H groups in total. The number of fused-ring (bicyclic) bond motifs is 6. The molecule has 220 valence electrons. The average Bonchev–Trinajstić information content (AvgIpc) is 3.56. The summed E-state index contributed by atoms with van der Waals surface area (Å²) in [6.45, 7) is 6.66. The van der Waals surface area contributed by atoms with E-state index in [9.17, 15) is 0 Å². The Kier molecular flexibility index (Phi) is 6.07. The maximum atomic E-state index is 6.48. The van der Waals surface area contributed by atoms with E-state index in [1.807, 2.05) is 72.9 Å². The van der Waals surface area contributed by atoms with Gasteiger partial charge in [-0.05, 0) is 65.6 Å². The molecule has 8 aromatic rings. The molecule has 0 radical (unpaired) electrons. The summed E-state index contributed by atoms with van der Waals surface area (Å²) in [5.41, 5.74) is 13.8. The molecule has 0 unspecified atom stereocenters. The summed E-state index contributed by atoms with van der Waals surface area (Å²) in [6.07, 6.45) is 1.90. The molecule has 8 rings (SSSR count). The van der Waals surface area contributed by atoms with Crippen LogP contribution in [-0.2, 0) is 5.41 Å². The second kappa shape index (κ2) is 10.2. The molecule has 0 saturated carbocycles. The molecule has 45 heavy (non-hydrogen) atoms. The third-order valence-corrected chi connectivity index (χ3v) is 8.38. The van der Waals surface area contributed by atoms with Crippen molar-refractivity contribution < 1.29 is 9.15 Å². The van der Waals surface area contributed by atoms with Gasteiger partial charge in [0.1, 0.15) is 28.5 Å². The van der Waals surface area contributed by atoms with E-state index in [4.69, 9.17) is 19.9 Å². The van der Waals surface area contributed by atoms with Crippen LogP contribution in [0.2, 0.25) is 0 Å². The second-order valence-corrected chi connectivity index (χ2v) is 12.5. The Hall–Kier alpha value is -5.75. The molecule has 0 aliphatic heterocycles. The lowest BCUT2D eigenvalue weighted by molar-refractivity contribution is 0.483. The fourth-order valence-electron chi connectivity index (χ4n) is 6.09. The maximum Gasteiger partial charge on any atom is 0.137 e. The lowest BCUT2D eigenvalue weighted by Crippen LogP contribution is -2.12. The minimum atomic E-state index is 0.00621. The highest BCUT2D eigenvalue weighted by Crippen LogP contribution is 2.38. The number of nitrogens with two attached hydrogens (primary N) is 1. The summed E-state index contributed by atoms with van der Waals surface area (Å²) >= 11 is 0. The van der Waals surface area contributed by atoms with Gasteiger partial charge in [0.05, 0.1) is 22.4 Å². The molecule has 0 aliphatic carbocycles. The predicted molar refractivity (Wildman–Crippen MR) is 185 cm³/mol. The van der Waals surface area contributed by atoms with Crippen molar-refractivity contribution in [1.82, 2.24) is 9.55 Å². The zero-order chi connectivity index (χ0) is 30.7. The zero-order valence-corrected chi connectivity index (χ0v) is 25.3. The van der Waals surface area contributed by atoms with Crippen LogP contribution in [-0.4, -0.2) is 9.55 Å². The Morgan fingerprint density at radius 3 is 2.33 bits per heavy atom. The Morgan fingerprint density at radius 1 is 0.689 bits per heavy atom. The van der Waals surface area contributed by atoms with E-state index >= 15 is 0 Å². The first-order valence-electron chi connectivity index (χ1n) is 15.1. The number of furan rings is 1. The standard InChI is InChI=1S/C39H32N4O2/c1-39(2,3)24-17-18-41-38(19-24)43-34-13-6-4-11-28(34)29-16-15-27(21-35(29)43)44-26-10-8-9-25(20-26)42-33-23-37-31(22-32(33)40)30-12-5-7-14-36(30)45-37/h4-23,42H,40H2,1-3H3. The third kappa shape index (κ3) is 4.71. The molecular weight excluding hydrogens is 556 g/mol. The lowest BCUT2D eigenvalue weighted by Gasteiger charge is -2.20. The number of hydrogen-bond donors (Lipinski definition) is 2. The van der Waals surface area contributed by atoms with Crippen molar-refractivity contribution in [2.24, 2.45) is 0 Å². The molecule has 0 spiro atoms. The molecule has 6 nitrogen and oxygen atoms in total. The van der Waals surface area contributed by atoms with E-state index in [0.29, 0.717) is 11.4 Å². The molecule has 0 aliphatic rings. The maximum absolute atomic E-state index is 6.48. The van der Waals surface area contributed by atoms with Crippen LogP contribution >= 0.6 is 0 Å². The monoisotopic (exact) mass is 588 g/mol. The normalized spacial score (nSPS) is 12.0. The highest BCUT2D eigenvalue weighted by atomic mass is 16.5. The number of nitrogens with one attached hydrogen (secondary N) is 1. The first-order chi connectivity index (χ1) is 21.8. The Balaban J connectivity index is 1.14. The summed E-state index contributed by atoms with van der Waals surface area (Å²) in [4.78, 5) is 4.80. The Labute approximate surface area is 260 Å². The number of benzene rings is 5. The second-order valence-electron chi connectivity index (χ2n) is 12.5. The van der Waals surface area contributed by atoms with Crippen molar-refractivity contribution in [3.05, 3.63) is 127 Å². The van der Waals surface area contributed by atoms with Gasteiger partial charge >= 0.3 is 0 Å². The van der Waals surface area contributed by atoms with Gasteiger partial charge in [-0.2, -0.15) is 0 Å². The first-order valence-corrected chi connectivity index (χ1v) is 15.1. The molecule has 3 aromatic heterocycles. The van der Waals surface area contributed by atoms with Crippen molar-refractivity contribution in [3.8, 4) is 17.3 Å². The summed E-state index contributed by atoms with van der Waals surface area (Å²) in [5.74, 6) is 2.33. The van der Waals surface area contributed by atoms with Crippen LogP contribution in [0.25, 0.3) is 49.6 Å². The zero-order valence-electron chi connectivity index (χ0n) is 25.3. The van der Waals surface area contributed by atoms with E-state index < -0.39 is 0 Å².